The summed E-state index contributed by atoms with van der Waals surface area (Å²) in [5, 5.41) is 0.254. The Bertz CT molecular complexity index is 1080. The smallest absolute Gasteiger partial charge is 0.427 e. The van der Waals surface area contributed by atoms with E-state index < -0.39 is 20.9 Å². The van der Waals surface area contributed by atoms with E-state index in [0.717, 1.165) is 12.5 Å². The van der Waals surface area contributed by atoms with E-state index >= 15 is 0 Å². The molecule has 1 atom stereocenters. The molecule has 176 valence electrons. The van der Waals surface area contributed by atoms with Crippen LogP contribution in [-0.4, -0.2) is 62.7 Å². The Kier molecular flexibility index (Phi) is 7.03. The largest absolute Gasteiger partial charge is 0.490 e. The van der Waals surface area contributed by atoms with Gasteiger partial charge in [-0.15, -0.1) is 0 Å². The zero-order valence-corrected chi connectivity index (χ0v) is 19.5. The number of aromatic nitrogens is 1. The highest BCUT2D eigenvalue weighted by Gasteiger charge is 2.34. The van der Waals surface area contributed by atoms with Crippen LogP contribution in [0, 0.1) is 0 Å². The maximum atomic E-state index is 13.2. The molecule has 0 spiro atoms. The Morgan fingerprint density at radius 3 is 2.44 bits per heavy atom. The predicted molar refractivity (Wildman–Crippen MR) is 115 cm³/mol. The van der Waals surface area contributed by atoms with E-state index in [2.05, 4.69) is 4.98 Å². The Morgan fingerprint density at radius 2 is 1.91 bits per heavy atom. The van der Waals surface area contributed by atoms with Crippen molar-refractivity contribution in [1.29, 1.82) is 0 Å². The first-order valence-corrected chi connectivity index (χ1v) is 12.7. The van der Waals surface area contributed by atoms with Gasteiger partial charge in [-0.1, -0.05) is 18.3 Å². The first-order chi connectivity index (χ1) is 14.9. The van der Waals surface area contributed by atoms with E-state index in [1.165, 1.54) is 18.2 Å². The molecule has 2 heterocycles. The van der Waals surface area contributed by atoms with Crippen LogP contribution in [0.3, 0.4) is 0 Å². The number of carbonyl (C=O) groups is 1. The van der Waals surface area contributed by atoms with Crippen LogP contribution in [-0.2, 0) is 16.0 Å². The Morgan fingerprint density at radius 1 is 1.25 bits per heavy atom. The zero-order chi connectivity index (χ0) is 23.7. The maximum Gasteiger partial charge on any atom is 0.427 e. The molecule has 1 aliphatic rings. The molecule has 0 radical (unpaired) electrons. The molecule has 1 amide bonds. The lowest BCUT2D eigenvalue weighted by molar-refractivity contribution is -0.134. The van der Waals surface area contributed by atoms with E-state index in [9.17, 15) is 26.4 Å². The lowest BCUT2D eigenvalue weighted by Crippen LogP contribution is -2.48. The number of alkyl halides is 3. The highest BCUT2D eigenvalue weighted by Crippen LogP contribution is 2.36. The van der Waals surface area contributed by atoms with Crippen LogP contribution >= 0.6 is 11.3 Å². The lowest BCUT2D eigenvalue weighted by Gasteiger charge is -2.35. The fourth-order valence-corrected chi connectivity index (χ4v) is 4.61. The number of hydrogen-bond acceptors (Lipinski definition) is 7. The number of thiazole rings is 1. The number of amides is 1. The van der Waals surface area contributed by atoms with Gasteiger partial charge in [-0.3, -0.25) is 4.79 Å². The van der Waals surface area contributed by atoms with Crippen LogP contribution in [0.25, 0.3) is 0 Å². The molecule has 0 N–H and O–H groups in total. The topological polar surface area (TPSA) is 79.8 Å². The Balaban J connectivity index is 1.78. The van der Waals surface area contributed by atoms with Crippen molar-refractivity contribution in [3.8, 4) is 5.75 Å². The SMILES string of the molecule is CC[C@H](C)Oc1ccc(S(C)(=O)=O)cc1C(=O)N1CCN(c2ncc(C(F)(F)F)s2)CC1. The van der Waals surface area contributed by atoms with Crippen LogP contribution in [0.5, 0.6) is 5.75 Å². The molecular formula is C20H24F3N3O4S2. The van der Waals surface area contributed by atoms with Crippen molar-refractivity contribution in [2.75, 3.05) is 37.3 Å². The lowest BCUT2D eigenvalue weighted by atomic mass is 10.1. The van der Waals surface area contributed by atoms with Crippen molar-refractivity contribution in [2.45, 2.75) is 37.4 Å². The minimum Gasteiger partial charge on any atom is -0.490 e. The third-order valence-corrected chi connectivity index (χ3v) is 7.34. The number of rotatable bonds is 6. The number of ether oxygens (including phenoxy) is 1. The van der Waals surface area contributed by atoms with Crippen LogP contribution in [0.1, 0.15) is 35.5 Å². The van der Waals surface area contributed by atoms with Gasteiger partial charge in [-0.25, -0.2) is 13.4 Å². The number of halogens is 3. The molecular weight excluding hydrogens is 467 g/mol. The summed E-state index contributed by atoms with van der Waals surface area (Å²) in [5.74, 6) is -0.0857. The highest BCUT2D eigenvalue weighted by molar-refractivity contribution is 7.90. The second kappa shape index (κ2) is 9.26. The molecule has 2 aromatic rings. The van der Waals surface area contributed by atoms with Crippen LogP contribution in [0.4, 0.5) is 18.3 Å². The van der Waals surface area contributed by atoms with Crippen molar-refractivity contribution in [1.82, 2.24) is 9.88 Å². The van der Waals surface area contributed by atoms with Gasteiger partial charge in [0.1, 0.15) is 10.6 Å². The number of benzene rings is 1. The second-order valence-corrected chi connectivity index (χ2v) is 10.6. The minimum absolute atomic E-state index is 0.0125. The van der Waals surface area contributed by atoms with E-state index in [1.54, 1.807) is 9.80 Å². The summed E-state index contributed by atoms with van der Waals surface area (Å²) >= 11 is 0.568. The average molecular weight is 492 g/mol. The number of anilines is 1. The van der Waals surface area contributed by atoms with Gasteiger partial charge < -0.3 is 14.5 Å². The summed E-state index contributed by atoms with van der Waals surface area (Å²) in [4.78, 5) is 19.6. The predicted octanol–water partition coefficient (Wildman–Crippen LogP) is 3.71. The standard InChI is InChI=1S/C20H24F3N3O4S2/c1-4-13(2)30-16-6-5-14(32(3,28)29)11-15(16)18(27)25-7-9-26(10-8-25)19-24-12-17(31-19)20(21,22)23/h5-6,11-13H,4,7-10H2,1-3H3/t13-/m0/s1. The van der Waals surface area contributed by atoms with Gasteiger partial charge in [0.15, 0.2) is 15.0 Å². The molecule has 0 bridgehead atoms. The van der Waals surface area contributed by atoms with Gasteiger partial charge in [-0.2, -0.15) is 13.2 Å². The van der Waals surface area contributed by atoms with Crippen LogP contribution in [0.2, 0.25) is 0 Å². The van der Waals surface area contributed by atoms with E-state index in [-0.39, 0.29) is 40.7 Å². The number of piperazine rings is 1. The highest BCUT2D eigenvalue weighted by atomic mass is 32.2. The summed E-state index contributed by atoms with van der Waals surface area (Å²) in [5.41, 5.74) is 0.148. The summed E-state index contributed by atoms with van der Waals surface area (Å²) in [6.45, 7) is 4.91. The first-order valence-electron chi connectivity index (χ1n) is 9.98. The molecule has 0 unspecified atom stereocenters. The third kappa shape index (κ3) is 5.52. The van der Waals surface area contributed by atoms with Crippen molar-refractivity contribution < 1.29 is 31.1 Å². The van der Waals surface area contributed by atoms with E-state index in [4.69, 9.17) is 4.74 Å². The molecule has 1 fully saturated rings. The minimum atomic E-state index is -4.44. The van der Waals surface area contributed by atoms with Gasteiger partial charge >= 0.3 is 6.18 Å². The summed E-state index contributed by atoms with van der Waals surface area (Å²) in [6.07, 6.45) is -2.03. The van der Waals surface area contributed by atoms with Crippen molar-refractivity contribution in [2.24, 2.45) is 0 Å². The van der Waals surface area contributed by atoms with Crippen molar-refractivity contribution in [3.05, 3.63) is 34.8 Å². The monoisotopic (exact) mass is 491 g/mol. The normalized spacial score (nSPS) is 16.2. The van der Waals surface area contributed by atoms with E-state index in [1.807, 2.05) is 13.8 Å². The molecule has 3 rings (SSSR count). The average Bonchev–Trinajstić information content (AvgIpc) is 3.23. The Hall–Kier alpha value is -2.34. The van der Waals surface area contributed by atoms with Crippen LogP contribution in [0.15, 0.2) is 29.3 Å². The molecule has 12 heteroatoms. The summed E-state index contributed by atoms with van der Waals surface area (Å²) in [7, 11) is -3.53. The third-order valence-electron chi connectivity index (χ3n) is 5.12. The molecule has 7 nitrogen and oxygen atoms in total. The first kappa shape index (κ1) is 24.3. The molecule has 1 aromatic heterocycles. The number of sulfone groups is 1. The number of hydrogen-bond donors (Lipinski definition) is 0. The fourth-order valence-electron chi connectivity index (χ4n) is 3.12. The summed E-state index contributed by atoms with van der Waals surface area (Å²) in [6, 6.07) is 4.21. The van der Waals surface area contributed by atoms with Gasteiger partial charge in [0.2, 0.25) is 0 Å². The molecule has 1 aliphatic heterocycles. The summed E-state index contributed by atoms with van der Waals surface area (Å²) < 4.78 is 68.3. The maximum absolute atomic E-state index is 13.2. The van der Waals surface area contributed by atoms with Crippen LogP contribution < -0.4 is 9.64 Å². The van der Waals surface area contributed by atoms with Gasteiger partial charge in [0.25, 0.3) is 5.91 Å². The fraction of sp³-hybridized carbons (Fsp3) is 0.500. The van der Waals surface area contributed by atoms with Gasteiger partial charge in [-0.05, 0) is 31.5 Å². The quantitative estimate of drug-likeness (QED) is 0.613. The second-order valence-electron chi connectivity index (χ2n) is 7.55. The zero-order valence-electron chi connectivity index (χ0n) is 17.8. The molecule has 1 saturated heterocycles. The molecule has 32 heavy (non-hydrogen) atoms. The molecule has 0 aliphatic carbocycles. The molecule has 0 saturated carbocycles. The Labute approximate surface area is 188 Å². The number of carbonyl (C=O) groups excluding carboxylic acids is 1. The van der Waals surface area contributed by atoms with Crippen molar-refractivity contribution in [3.63, 3.8) is 0 Å². The van der Waals surface area contributed by atoms with E-state index in [0.29, 0.717) is 36.6 Å². The number of nitrogens with zero attached hydrogens (tertiary/aromatic N) is 3. The van der Waals surface area contributed by atoms with Gasteiger partial charge in [0.05, 0.1) is 22.8 Å². The van der Waals surface area contributed by atoms with Crippen molar-refractivity contribution >= 4 is 32.2 Å². The van der Waals surface area contributed by atoms with Gasteiger partial charge in [0, 0.05) is 32.4 Å². The molecule has 1 aromatic carbocycles.